The largest absolute Gasteiger partial charge is 0.387 e. The zero-order valence-corrected chi connectivity index (χ0v) is 9.65. The zero-order valence-electron chi connectivity index (χ0n) is 9.65. The fourth-order valence-corrected chi connectivity index (χ4v) is 1.56. The topological polar surface area (TPSA) is 71.1 Å². The van der Waals surface area contributed by atoms with Gasteiger partial charge in [-0.2, -0.15) is 0 Å². The maximum atomic E-state index is 11.6. The number of hydrogen-bond donors (Lipinski definition) is 0. The molecule has 6 nitrogen and oxygen atoms in total. The van der Waals surface area contributed by atoms with Crippen LogP contribution in [-0.2, 0) is 28.5 Å². The quantitative estimate of drug-likeness (QED) is 0.371. The first-order valence-electron chi connectivity index (χ1n) is 5.28. The van der Waals surface area contributed by atoms with Crippen molar-refractivity contribution in [3.63, 3.8) is 0 Å². The third kappa shape index (κ3) is 2.09. The van der Waals surface area contributed by atoms with Gasteiger partial charge in [-0.3, -0.25) is 0 Å². The average Bonchev–Trinajstić information content (AvgIpc) is 2.45. The van der Waals surface area contributed by atoms with E-state index in [0.29, 0.717) is 0 Å². The average molecular weight is 232 g/mol. The first kappa shape index (κ1) is 13.1. The molecule has 92 valence electrons. The third-order valence-electron chi connectivity index (χ3n) is 2.09. The van der Waals surface area contributed by atoms with E-state index in [9.17, 15) is 9.59 Å². The second-order valence-electron chi connectivity index (χ2n) is 3.08. The molecule has 0 radical (unpaired) electrons. The van der Waals surface area contributed by atoms with Crippen LogP contribution in [0, 0.1) is 0 Å². The van der Waals surface area contributed by atoms with Gasteiger partial charge in [0.2, 0.25) is 6.10 Å². The van der Waals surface area contributed by atoms with Gasteiger partial charge in [0, 0.05) is 19.8 Å². The molecule has 0 aromatic heterocycles. The fourth-order valence-electron chi connectivity index (χ4n) is 1.56. The molecule has 1 aliphatic heterocycles. The normalized spacial score (nSPS) is 23.6. The number of rotatable bonds is 6. The highest BCUT2D eigenvalue weighted by atomic mass is 16.8. The first-order chi connectivity index (χ1) is 7.62. The summed E-state index contributed by atoms with van der Waals surface area (Å²) < 4.78 is 20.1. The Hall–Kier alpha value is -0.980. The molecule has 1 atom stereocenters. The number of carbonyl (C=O) groups excluding carboxylic acids is 2. The van der Waals surface area contributed by atoms with Gasteiger partial charge < -0.3 is 18.9 Å². The molecule has 1 heterocycles. The molecule has 0 aliphatic carbocycles. The Morgan fingerprint density at radius 3 is 2.12 bits per heavy atom. The van der Waals surface area contributed by atoms with Crippen LogP contribution in [0.2, 0.25) is 0 Å². The van der Waals surface area contributed by atoms with Crippen molar-refractivity contribution in [2.45, 2.75) is 32.7 Å². The number of hydrogen-bond acceptors (Lipinski definition) is 6. The molecule has 1 fully saturated rings. The van der Waals surface area contributed by atoms with Gasteiger partial charge in [0.15, 0.2) is 0 Å². The lowest BCUT2D eigenvalue weighted by Gasteiger charge is -2.28. The maximum absolute atomic E-state index is 11.6. The Kier molecular flexibility index (Phi) is 4.40. The molecule has 1 aliphatic rings. The smallest absolute Gasteiger partial charge is 0.378 e. The van der Waals surface area contributed by atoms with Crippen molar-refractivity contribution in [2.75, 3.05) is 19.8 Å². The highest BCUT2D eigenvalue weighted by Gasteiger charge is 2.61. The zero-order chi connectivity index (χ0) is 12.2. The molecule has 0 bridgehead atoms. The Bertz CT molecular complexity index is 268. The molecule has 6 heteroatoms. The Balaban J connectivity index is 2.98. The molecule has 0 saturated carbocycles. The minimum atomic E-state index is -1.74. The van der Waals surface area contributed by atoms with Crippen LogP contribution in [0.4, 0.5) is 0 Å². The molecular weight excluding hydrogens is 216 g/mol. The molecule has 16 heavy (non-hydrogen) atoms. The molecular formula is C10H16O6. The molecule has 1 saturated heterocycles. The minimum Gasteiger partial charge on any atom is -0.387 e. The number of esters is 2. The molecule has 1 rings (SSSR count). The van der Waals surface area contributed by atoms with Crippen LogP contribution in [0.3, 0.4) is 0 Å². The molecule has 0 aromatic carbocycles. The SMILES string of the molecule is CCOC1C(=O)OC(=O)C1(OCC)OCC. The van der Waals surface area contributed by atoms with Crippen molar-refractivity contribution in [3.05, 3.63) is 0 Å². The van der Waals surface area contributed by atoms with Crippen LogP contribution in [0.5, 0.6) is 0 Å². The first-order valence-corrected chi connectivity index (χ1v) is 5.28. The van der Waals surface area contributed by atoms with Gasteiger partial charge in [0.05, 0.1) is 0 Å². The standard InChI is InChI=1S/C10H16O6/c1-4-13-7-8(11)16-9(12)10(7,14-5-2)15-6-3/h7H,4-6H2,1-3H3. The molecule has 1 unspecified atom stereocenters. The van der Waals surface area contributed by atoms with Crippen LogP contribution in [0.25, 0.3) is 0 Å². The summed E-state index contributed by atoms with van der Waals surface area (Å²) in [6.45, 7) is 5.78. The summed E-state index contributed by atoms with van der Waals surface area (Å²) in [5.74, 6) is -3.36. The molecule has 0 amide bonds. The van der Waals surface area contributed by atoms with Crippen LogP contribution in [0.1, 0.15) is 20.8 Å². The predicted octanol–water partition coefficient (Wildman–Crippen LogP) is 0.244. The van der Waals surface area contributed by atoms with Gasteiger partial charge >= 0.3 is 17.7 Å². The second kappa shape index (κ2) is 5.38. The second-order valence-corrected chi connectivity index (χ2v) is 3.08. The Morgan fingerprint density at radius 1 is 1.12 bits per heavy atom. The number of cyclic esters (lactones) is 2. The lowest BCUT2D eigenvalue weighted by atomic mass is 10.1. The summed E-state index contributed by atoms with van der Waals surface area (Å²) in [7, 11) is 0. The van der Waals surface area contributed by atoms with E-state index in [1.54, 1.807) is 20.8 Å². The van der Waals surface area contributed by atoms with Gasteiger partial charge in [0.25, 0.3) is 0 Å². The number of carbonyl (C=O) groups is 2. The van der Waals surface area contributed by atoms with Crippen molar-refractivity contribution in [2.24, 2.45) is 0 Å². The summed E-state index contributed by atoms with van der Waals surface area (Å²) in [6, 6.07) is 0. The Morgan fingerprint density at radius 2 is 1.69 bits per heavy atom. The van der Waals surface area contributed by atoms with Crippen LogP contribution < -0.4 is 0 Å². The van der Waals surface area contributed by atoms with Crippen LogP contribution in [0.15, 0.2) is 0 Å². The van der Waals surface area contributed by atoms with E-state index in [-0.39, 0.29) is 19.8 Å². The van der Waals surface area contributed by atoms with Crippen molar-refractivity contribution in [1.29, 1.82) is 0 Å². The van der Waals surface area contributed by atoms with Crippen LogP contribution in [-0.4, -0.2) is 43.7 Å². The molecule has 0 N–H and O–H groups in total. The van der Waals surface area contributed by atoms with E-state index in [1.165, 1.54) is 0 Å². The summed E-state index contributed by atoms with van der Waals surface area (Å²) in [6.07, 6.45) is -1.15. The summed E-state index contributed by atoms with van der Waals surface area (Å²) >= 11 is 0. The van der Waals surface area contributed by atoms with E-state index < -0.39 is 23.8 Å². The van der Waals surface area contributed by atoms with Gasteiger partial charge in [-0.1, -0.05) is 0 Å². The van der Waals surface area contributed by atoms with E-state index in [4.69, 9.17) is 14.2 Å². The summed E-state index contributed by atoms with van der Waals surface area (Å²) in [5.41, 5.74) is 0. The van der Waals surface area contributed by atoms with Crippen molar-refractivity contribution >= 4 is 11.9 Å². The highest BCUT2D eigenvalue weighted by Crippen LogP contribution is 2.30. The lowest BCUT2D eigenvalue weighted by Crippen LogP contribution is -2.51. The lowest BCUT2D eigenvalue weighted by molar-refractivity contribution is -0.259. The van der Waals surface area contributed by atoms with Gasteiger partial charge in [-0.15, -0.1) is 0 Å². The molecule has 0 aromatic rings. The van der Waals surface area contributed by atoms with Crippen molar-refractivity contribution < 1.29 is 28.5 Å². The van der Waals surface area contributed by atoms with E-state index >= 15 is 0 Å². The summed E-state index contributed by atoms with van der Waals surface area (Å²) in [5, 5.41) is 0. The fraction of sp³-hybridized carbons (Fsp3) is 0.800. The van der Waals surface area contributed by atoms with Gasteiger partial charge in [-0.05, 0) is 20.8 Å². The van der Waals surface area contributed by atoms with Gasteiger partial charge in [-0.25, -0.2) is 9.59 Å². The minimum absolute atomic E-state index is 0.214. The van der Waals surface area contributed by atoms with Crippen molar-refractivity contribution in [3.8, 4) is 0 Å². The highest BCUT2D eigenvalue weighted by molar-refractivity contribution is 6.01. The third-order valence-corrected chi connectivity index (χ3v) is 2.09. The van der Waals surface area contributed by atoms with E-state index in [2.05, 4.69) is 4.74 Å². The van der Waals surface area contributed by atoms with Crippen LogP contribution >= 0.6 is 0 Å². The van der Waals surface area contributed by atoms with Crippen molar-refractivity contribution in [1.82, 2.24) is 0 Å². The molecule has 0 spiro atoms. The number of ether oxygens (including phenoxy) is 4. The monoisotopic (exact) mass is 232 g/mol. The maximum Gasteiger partial charge on any atom is 0.378 e. The van der Waals surface area contributed by atoms with E-state index in [1.807, 2.05) is 0 Å². The predicted molar refractivity (Wildman–Crippen MR) is 52.5 cm³/mol. The van der Waals surface area contributed by atoms with E-state index in [0.717, 1.165) is 0 Å². The Labute approximate surface area is 93.8 Å². The van der Waals surface area contributed by atoms with Gasteiger partial charge in [0.1, 0.15) is 0 Å². The summed E-state index contributed by atoms with van der Waals surface area (Å²) in [4.78, 5) is 23.0.